The fourth-order valence-corrected chi connectivity index (χ4v) is 3.84. The number of amides is 1. The van der Waals surface area contributed by atoms with E-state index in [-0.39, 0.29) is 12.5 Å². The van der Waals surface area contributed by atoms with Crippen molar-refractivity contribution in [2.75, 3.05) is 13.1 Å². The van der Waals surface area contributed by atoms with Crippen LogP contribution in [0.3, 0.4) is 0 Å². The van der Waals surface area contributed by atoms with E-state index in [2.05, 4.69) is 20.0 Å². The molecule has 1 saturated heterocycles. The average Bonchev–Trinajstić information content (AvgIpc) is 3.29. The molecule has 0 aromatic carbocycles. The molecule has 2 aliphatic rings. The minimum Gasteiger partial charge on any atom is -0.381 e. The molecule has 2 fully saturated rings. The maximum atomic E-state index is 12.9. The van der Waals surface area contributed by atoms with Crippen LogP contribution in [0.5, 0.6) is 0 Å². The number of aliphatic hydroxyl groups is 1. The van der Waals surface area contributed by atoms with Gasteiger partial charge in [-0.05, 0) is 25.0 Å². The summed E-state index contributed by atoms with van der Waals surface area (Å²) in [5.74, 6) is -0.0127. The molecule has 4 rings (SSSR count). The highest BCUT2D eigenvalue weighted by Crippen LogP contribution is 2.33. The third-order valence-electron chi connectivity index (χ3n) is 5.14. The molecule has 0 radical (unpaired) electrons. The molecular weight excluding hydrogens is 294 g/mol. The molecule has 0 bridgehead atoms. The van der Waals surface area contributed by atoms with E-state index in [4.69, 9.17) is 0 Å². The van der Waals surface area contributed by atoms with Gasteiger partial charge in [-0.2, -0.15) is 15.4 Å². The number of hydrogen-bond donors (Lipinski definition) is 2. The van der Waals surface area contributed by atoms with Crippen molar-refractivity contribution in [2.24, 2.45) is 0 Å². The molecule has 1 unspecified atom stereocenters. The standard InChI is InChI=1S/C16H21N5O2/c22-15(13-6-3-8-21(13)12-4-1-2-5-12)20-9-7-16(23,11-20)14-10-17-19-18-14/h3,6,8,10,12,23H,1-2,4-5,7,9,11H2,(H,17,18,19). The van der Waals surface area contributed by atoms with Crippen LogP contribution < -0.4 is 0 Å². The summed E-state index contributed by atoms with van der Waals surface area (Å²) in [6.07, 6.45) is 8.74. The fraction of sp³-hybridized carbons (Fsp3) is 0.562. The van der Waals surface area contributed by atoms with E-state index in [0.717, 1.165) is 18.5 Å². The number of carbonyl (C=O) groups excluding carboxylic acids is 1. The van der Waals surface area contributed by atoms with Crippen LogP contribution in [-0.2, 0) is 5.60 Å². The van der Waals surface area contributed by atoms with Crippen LogP contribution in [0.2, 0.25) is 0 Å². The first kappa shape index (κ1) is 14.4. The van der Waals surface area contributed by atoms with E-state index < -0.39 is 5.60 Å². The summed E-state index contributed by atoms with van der Waals surface area (Å²) in [4.78, 5) is 14.6. The van der Waals surface area contributed by atoms with Crippen LogP contribution in [0.25, 0.3) is 0 Å². The minimum atomic E-state index is -1.10. The zero-order chi connectivity index (χ0) is 15.9. The van der Waals surface area contributed by atoms with E-state index in [9.17, 15) is 9.90 Å². The molecule has 1 aliphatic carbocycles. The van der Waals surface area contributed by atoms with Gasteiger partial charge < -0.3 is 14.6 Å². The first-order valence-corrected chi connectivity index (χ1v) is 8.22. The molecule has 3 heterocycles. The van der Waals surface area contributed by atoms with Crippen LogP contribution in [0, 0.1) is 0 Å². The van der Waals surface area contributed by atoms with Gasteiger partial charge in [-0.1, -0.05) is 12.8 Å². The monoisotopic (exact) mass is 315 g/mol. The molecular formula is C16H21N5O2. The van der Waals surface area contributed by atoms with Gasteiger partial charge in [0.2, 0.25) is 0 Å². The topological polar surface area (TPSA) is 87.0 Å². The molecule has 1 aliphatic heterocycles. The molecule has 23 heavy (non-hydrogen) atoms. The molecule has 2 aromatic rings. The molecule has 2 aromatic heterocycles. The van der Waals surface area contributed by atoms with Crippen molar-refractivity contribution in [2.45, 2.75) is 43.7 Å². The van der Waals surface area contributed by atoms with E-state index in [0.29, 0.717) is 24.7 Å². The summed E-state index contributed by atoms with van der Waals surface area (Å²) in [5, 5.41) is 21.0. The Balaban J connectivity index is 1.53. The van der Waals surface area contributed by atoms with Gasteiger partial charge in [-0.15, -0.1) is 0 Å². The van der Waals surface area contributed by atoms with Crippen molar-refractivity contribution < 1.29 is 9.90 Å². The van der Waals surface area contributed by atoms with Crippen molar-refractivity contribution in [3.63, 3.8) is 0 Å². The number of likely N-dealkylation sites (tertiary alicyclic amines) is 1. The minimum absolute atomic E-state index is 0.0127. The van der Waals surface area contributed by atoms with Gasteiger partial charge in [0.05, 0.1) is 12.7 Å². The molecule has 1 atom stereocenters. The van der Waals surface area contributed by atoms with Crippen molar-refractivity contribution in [3.05, 3.63) is 35.9 Å². The zero-order valence-corrected chi connectivity index (χ0v) is 13.0. The van der Waals surface area contributed by atoms with E-state index in [1.165, 1.54) is 19.0 Å². The zero-order valence-electron chi connectivity index (χ0n) is 13.0. The van der Waals surface area contributed by atoms with Gasteiger partial charge >= 0.3 is 0 Å². The second kappa shape index (κ2) is 5.49. The van der Waals surface area contributed by atoms with Crippen LogP contribution in [-0.4, -0.2) is 49.0 Å². The normalized spacial score (nSPS) is 25.3. The van der Waals surface area contributed by atoms with Crippen molar-refractivity contribution in [1.29, 1.82) is 0 Å². The Morgan fingerprint density at radius 1 is 1.39 bits per heavy atom. The molecule has 122 valence electrons. The summed E-state index contributed by atoms with van der Waals surface area (Å²) < 4.78 is 2.11. The number of aromatic amines is 1. The van der Waals surface area contributed by atoms with Crippen LogP contribution in [0.4, 0.5) is 0 Å². The molecule has 7 heteroatoms. The molecule has 1 amide bonds. The Labute approximate surface area is 134 Å². The fourth-order valence-electron chi connectivity index (χ4n) is 3.84. The average molecular weight is 315 g/mol. The highest BCUT2D eigenvalue weighted by atomic mass is 16.3. The number of H-pyrrole nitrogens is 1. The highest BCUT2D eigenvalue weighted by Gasteiger charge is 2.42. The molecule has 7 nitrogen and oxygen atoms in total. The maximum absolute atomic E-state index is 12.9. The van der Waals surface area contributed by atoms with Crippen LogP contribution in [0.15, 0.2) is 24.5 Å². The van der Waals surface area contributed by atoms with Gasteiger partial charge in [0.25, 0.3) is 5.91 Å². The lowest BCUT2D eigenvalue weighted by atomic mass is 10.00. The molecule has 2 N–H and O–H groups in total. The second-order valence-electron chi connectivity index (χ2n) is 6.60. The quantitative estimate of drug-likeness (QED) is 0.897. The summed E-state index contributed by atoms with van der Waals surface area (Å²) in [7, 11) is 0. The lowest BCUT2D eigenvalue weighted by molar-refractivity contribution is 0.0378. The number of aromatic nitrogens is 4. The number of β-amino-alcohol motifs (C(OH)–C–C–N with tert-alkyl or cyclic N) is 1. The third kappa shape index (κ3) is 2.45. The predicted octanol–water partition coefficient (Wildman–Crippen LogP) is 1.45. The highest BCUT2D eigenvalue weighted by molar-refractivity contribution is 5.93. The first-order valence-electron chi connectivity index (χ1n) is 8.22. The lowest BCUT2D eigenvalue weighted by Crippen LogP contribution is -2.35. The number of hydrogen-bond acceptors (Lipinski definition) is 4. The largest absolute Gasteiger partial charge is 0.381 e. The van der Waals surface area contributed by atoms with Gasteiger partial charge in [0, 0.05) is 25.2 Å². The Kier molecular flexibility index (Phi) is 3.45. The van der Waals surface area contributed by atoms with Crippen LogP contribution in [0.1, 0.15) is 54.3 Å². The Bertz CT molecular complexity index is 689. The summed E-state index contributed by atoms with van der Waals surface area (Å²) in [5.41, 5.74) is 0.119. The van der Waals surface area contributed by atoms with E-state index >= 15 is 0 Å². The first-order chi connectivity index (χ1) is 11.2. The Hall–Kier alpha value is -2.15. The van der Waals surface area contributed by atoms with Gasteiger partial charge in [0.15, 0.2) is 0 Å². The van der Waals surface area contributed by atoms with Crippen molar-refractivity contribution in [3.8, 4) is 0 Å². The van der Waals surface area contributed by atoms with Gasteiger partial charge in [0.1, 0.15) is 17.0 Å². The molecule has 1 saturated carbocycles. The predicted molar refractivity (Wildman–Crippen MR) is 82.7 cm³/mol. The number of rotatable bonds is 3. The van der Waals surface area contributed by atoms with E-state index in [1.54, 1.807) is 4.90 Å². The number of nitrogens with zero attached hydrogens (tertiary/aromatic N) is 4. The Morgan fingerprint density at radius 3 is 2.96 bits per heavy atom. The SMILES string of the molecule is O=C(c1cccn1C1CCCC1)N1CCC(O)(c2cn[nH]n2)C1. The number of nitrogens with one attached hydrogen (secondary N) is 1. The van der Waals surface area contributed by atoms with Gasteiger partial charge in [-0.25, -0.2) is 0 Å². The Morgan fingerprint density at radius 2 is 2.22 bits per heavy atom. The summed E-state index contributed by atoms with van der Waals surface area (Å²) in [6, 6.07) is 4.25. The third-order valence-corrected chi connectivity index (χ3v) is 5.14. The maximum Gasteiger partial charge on any atom is 0.270 e. The smallest absolute Gasteiger partial charge is 0.270 e. The van der Waals surface area contributed by atoms with E-state index in [1.807, 2.05) is 18.3 Å². The lowest BCUT2D eigenvalue weighted by Gasteiger charge is -2.23. The molecule has 0 spiro atoms. The van der Waals surface area contributed by atoms with Crippen molar-refractivity contribution >= 4 is 5.91 Å². The summed E-state index contributed by atoms with van der Waals surface area (Å²) in [6.45, 7) is 0.784. The summed E-state index contributed by atoms with van der Waals surface area (Å²) >= 11 is 0. The van der Waals surface area contributed by atoms with Crippen molar-refractivity contribution in [1.82, 2.24) is 24.9 Å². The van der Waals surface area contributed by atoms with Gasteiger partial charge in [-0.3, -0.25) is 4.79 Å². The van der Waals surface area contributed by atoms with Crippen LogP contribution >= 0.6 is 0 Å². The second-order valence-corrected chi connectivity index (χ2v) is 6.60. The number of carbonyl (C=O) groups is 1.